The predicted molar refractivity (Wildman–Crippen MR) is 71.7 cm³/mol. The van der Waals surface area contributed by atoms with Crippen LogP contribution in [-0.4, -0.2) is 24.2 Å². The highest BCUT2D eigenvalue weighted by Gasteiger charge is 2.24. The number of nitrogens with two attached hydrogens (primary N) is 1. The average molecular weight is 274 g/mol. The fourth-order valence-electron chi connectivity index (χ4n) is 1.86. The Morgan fingerprint density at radius 2 is 1.94 bits per heavy atom. The molecule has 104 valence electrons. The Kier molecular flexibility index (Phi) is 4.75. The Labute approximate surface area is 109 Å². The van der Waals surface area contributed by atoms with E-state index in [9.17, 15) is 8.42 Å². The molecule has 0 atom stereocenters. The highest BCUT2D eigenvalue weighted by Crippen LogP contribution is 2.24. The lowest BCUT2D eigenvalue weighted by atomic mass is 10.2. The minimum atomic E-state index is -3.58. The van der Waals surface area contributed by atoms with Crippen LogP contribution in [-0.2, 0) is 10.0 Å². The molecule has 0 aliphatic rings. The van der Waals surface area contributed by atoms with E-state index in [1.165, 1.54) is 6.20 Å². The first-order chi connectivity index (χ1) is 8.33. The molecule has 3 N–H and O–H groups in total. The molecule has 7 heteroatoms. The van der Waals surface area contributed by atoms with Crippen LogP contribution in [0.25, 0.3) is 0 Å². The number of aromatic nitrogens is 2. The lowest BCUT2D eigenvalue weighted by molar-refractivity contribution is 0.434. The van der Waals surface area contributed by atoms with E-state index < -0.39 is 10.0 Å². The van der Waals surface area contributed by atoms with Crippen molar-refractivity contribution in [2.75, 3.05) is 5.73 Å². The summed E-state index contributed by atoms with van der Waals surface area (Å²) in [6.45, 7) is 7.57. The maximum atomic E-state index is 12.0. The summed E-state index contributed by atoms with van der Waals surface area (Å²) < 4.78 is 28.2. The zero-order valence-corrected chi connectivity index (χ0v) is 12.2. The van der Waals surface area contributed by atoms with E-state index in [4.69, 9.17) is 5.73 Å². The summed E-state index contributed by atoms with van der Waals surface area (Å²) in [4.78, 5) is 0.0584. The van der Waals surface area contributed by atoms with Gasteiger partial charge in [0, 0.05) is 6.04 Å². The van der Waals surface area contributed by atoms with Gasteiger partial charge in [-0.2, -0.15) is 5.10 Å². The summed E-state index contributed by atoms with van der Waals surface area (Å²) in [6.07, 6.45) is 3.04. The quantitative estimate of drug-likeness (QED) is 0.822. The van der Waals surface area contributed by atoms with Gasteiger partial charge in [0.1, 0.15) is 10.7 Å². The molecule has 0 saturated heterocycles. The number of nitrogen functional groups attached to an aromatic ring is 1. The van der Waals surface area contributed by atoms with Crippen LogP contribution in [0.4, 0.5) is 5.82 Å². The smallest absolute Gasteiger partial charge is 0.246 e. The van der Waals surface area contributed by atoms with E-state index in [1.807, 2.05) is 13.8 Å². The van der Waals surface area contributed by atoms with Gasteiger partial charge in [-0.25, -0.2) is 17.8 Å². The summed E-state index contributed by atoms with van der Waals surface area (Å²) in [5, 5.41) is 4.10. The minimum absolute atomic E-state index is 0.0584. The average Bonchev–Trinajstić information content (AvgIpc) is 2.62. The highest BCUT2D eigenvalue weighted by molar-refractivity contribution is 7.89. The van der Waals surface area contributed by atoms with Gasteiger partial charge in [-0.05, 0) is 26.7 Å². The van der Waals surface area contributed by atoms with Crippen molar-refractivity contribution in [2.24, 2.45) is 0 Å². The Balaban J connectivity index is 3.14. The van der Waals surface area contributed by atoms with Gasteiger partial charge >= 0.3 is 0 Å². The lowest BCUT2D eigenvalue weighted by Crippen LogP contribution is -2.30. The van der Waals surface area contributed by atoms with Crippen molar-refractivity contribution < 1.29 is 8.42 Å². The Morgan fingerprint density at radius 3 is 2.39 bits per heavy atom. The fraction of sp³-hybridized carbons (Fsp3) is 0.727. The number of nitrogens with zero attached hydrogens (tertiary/aromatic N) is 2. The second-order valence-corrected chi connectivity index (χ2v) is 6.27. The summed E-state index contributed by atoms with van der Waals surface area (Å²) in [7, 11) is -3.58. The van der Waals surface area contributed by atoms with Crippen molar-refractivity contribution in [1.29, 1.82) is 0 Å². The Hall–Kier alpha value is -1.08. The van der Waals surface area contributed by atoms with E-state index in [0.717, 1.165) is 12.8 Å². The van der Waals surface area contributed by atoms with Gasteiger partial charge in [-0.3, -0.25) is 0 Å². The molecule has 0 bridgehead atoms. The molecule has 0 fully saturated rings. The number of hydrogen-bond donors (Lipinski definition) is 2. The molecule has 1 aromatic rings. The van der Waals surface area contributed by atoms with Crippen LogP contribution in [0.5, 0.6) is 0 Å². The third-order valence-corrected chi connectivity index (χ3v) is 4.44. The van der Waals surface area contributed by atoms with Gasteiger partial charge in [-0.1, -0.05) is 13.8 Å². The zero-order valence-electron chi connectivity index (χ0n) is 11.3. The second kappa shape index (κ2) is 5.71. The molecule has 6 nitrogen and oxygen atoms in total. The standard InChI is InChI=1S/C11H22N4O2S/c1-5-9(6-2)15-11(12)10(7-13-15)18(16,17)14-8(3)4/h7-9,14H,5-6,12H2,1-4H3. The van der Waals surface area contributed by atoms with Gasteiger partial charge in [0.2, 0.25) is 10.0 Å². The summed E-state index contributed by atoms with van der Waals surface area (Å²) in [5.41, 5.74) is 5.90. The molecule has 0 unspecified atom stereocenters. The van der Waals surface area contributed by atoms with Crippen LogP contribution in [0.1, 0.15) is 46.6 Å². The van der Waals surface area contributed by atoms with Crippen molar-refractivity contribution >= 4 is 15.8 Å². The largest absolute Gasteiger partial charge is 0.383 e. The van der Waals surface area contributed by atoms with E-state index >= 15 is 0 Å². The van der Waals surface area contributed by atoms with Gasteiger partial charge < -0.3 is 5.73 Å². The van der Waals surface area contributed by atoms with E-state index in [0.29, 0.717) is 0 Å². The van der Waals surface area contributed by atoms with Gasteiger partial charge in [0.25, 0.3) is 0 Å². The van der Waals surface area contributed by atoms with Crippen LogP contribution in [0, 0.1) is 0 Å². The first-order valence-electron chi connectivity index (χ1n) is 6.18. The molecule has 1 rings (SSSR count). The first-order valence-corrected chi connectivity index (χ1v) is 7.67. The molecule has 18 heavy (non-hydrogen) atoms. The van der Waals surface area contributed by atoms with Crippen molar-refractivity contribution in [2.45, 2.75) is 57.5 Å². The molecule has 0 spiro atoms. The van der Waals surface area contributed by atoms with Crippen LogP contribution >= 0.6 is 0 Å². The molecule has 1 aromatic heterocycles. The predicted octanol–water partition coefficient (Wildman–Crippen LogP) is 1.51. The fourth-order valence-corrected chi connectivity index (χ4v) is 3.16. The van der Waals surface area contributed by atoms with E-state index in [2.05, 4.69) is 9.82 Å². The minimum Gasteiger partial charge on any atom is -0.383 e. The van der Waals surface area contributed by atoms with E-state index in [-0.39, 0.29) is 22.8 Å². The number of anilines is 1. The molecule has 0 radical (unpaired) electrons. The summed E-state index contributed by atoms with van der Waals surface area (Å²) >= 11 is 0. The van der Waals surface area contributed by atoms with Crippen molar-refractivity contribution in [3.05, 3.63) is 6.20 Å². The second-order valence-electron chi connectivity index (χ2n) is 4.58. The van der Waals surface area contributed by atoms with Gasteiger partial charge in [0.15, 0.2) is 0 Å². The molecule has 0 aliphatic carbocycles. The molecule has 0 aromatic carbocycles. The number of sulfonamides is 1. The molecule has 0 aliphatic heterocycles. The van der Waals surface area contributed by atoms with Crippen LogP contribution in [0.15, 0.2) is 11.1 Å². The van der Waals surface area contributed by atoms with Crippen molar-refractivity contribution in [3.8, 4) is 0 Å². The van der Waals surface area contributed by atoms with E-state index in [1.54, 1.807) is 18.5 Å². The summed E-state index contributed by atoms with van der Waals surface area (Å²) in [6, 6.07) is -0.0427. The zero-order chi connectivity index (χ0) is 13.9. The highest BCUT2D eigenvalue weighted by atomic mass is 32.2. The van der Waals surface area contributed by atoms with Gasteiger partial charge in [0.05, 0.1) is 12.2 Å². The molecule has 0 amide bonds. The van der Waals surface area contributed by atoms with Crippen LogP contribution < -0.4 is 10.5 Å². The first kappa shape index (κ1) is 15.0. The monoisotopic (exact) mass is 274 g/mol. The van der Waals surface area contributed by atoms with Crippen molar-refractivity contribution in [3.63, 3.8) is 0 Å². The number of nitrogens with one attached hydrogen (secondary N) is 1. The molecular weight excluding hydrogens is 252 g/mol. The normalized spacial score (nSPS) is 12.6. The number of rotatable bonds is 6. The van der Waals surface area contributed by atoms with Crippen molar-refractivity contribution in [1.82, 2.24) is 14.5 Å². The SMILES string of the molecule is CCC(CC)n1ncc(S(=O)(=O)NC(C)C)c1N. The number of hydrogen-bond acceptors (Lipinski definition) is 4. The molecular formula is C11H22N4O2S. The third-order valence-electron chi connectivity index (χ3n) is 2.77. The van der Waals surface area contributed by atoms with Crippen LogP contribution in [0.3, 0.4) is 0 Å². The third kappa shape index (κ3) is 3.02. The van der Waals surface area contributed by atoms with Crippen LogP contribution in [0.2, 0.25) is 0 Å². The molecule has 0 saturated carbocycles. The van der Waals surface area contributed by atoms with Gasteiger partial charge in [-0.15, -0.1) is 0 Å². The maximum Gasteiger partial charge on any atom is 0.246 e. The Bertz CT molecular complexity index is 489. The molecule has 1 heterocycles. The summed E-state index contributed by atoms with van der Waals surface area (Å²) in [5.74, 6) is 0.205. The topological polar surface area (TPSA) is 90.0 Å². The Morgan fingerprint density at radius 1 is 1.39 bits per heavy atom. The lowest BCUT2D eigenvalue weighted by Gasteiger charge is -2.15. The maximum absolute atomic E-state index is 12.0.